The third-order valence-corrected chi connectivity index (χ3v) is 19.2. The van der Waals surface area contributed by atoms with Gasteiger partial charge in [-0.15, -0.1) is 0 Å². The Morgan fingerprint density at radius 1 is 0.585 bits per heavy atom. The van der Waals surface area contributed by atoms with E-state index < -0.39 is 131 Å². The van der Waals surface area contributed by atoms with Crippen LogP contribution in [0.25, 0.3) is 44.7 Å². The predicted octanol–water partition coefficient (Wildman–Crippen LogP) is 7.22. The van der Waals surface area contributed by atoms with Crippen molar-refractivity contribution >= 4 is 108 Å². The molecule has 1 radical (unpaired) electrons. The van der Waals surface area contributed by atoms with Crippen LogP contribution >= 0.6 is 11.6 Å². The molecule has 6 aromatic rings. The number of carbonyl (C=O) groups excluding carboxylic acids is 8. The number of amides is 3. The number of esters is 4. The number of nitrogens with zero attached hydrogens (tertiary/aromatic N) is 7. The van der Waals surface area contributed by atoms with Crippen LogP contribution in [-0.2, 0) is 66.9 Å². The number of pyridine rings is 2. The Morgan fingerprint density at radius 2 is 0.959 bits per heavy atom. The molecule has 37 heteroatoms. The minimum atomic E-state index is -1.15. The number of aromatic nitrogens is 4. The number of benzene rings is 2. The largest absolute Gasteiger partial charge is 1.00 e. The summed E-state index contributed by atoms with van der Waals surface area (Å²) in [7, 11) is 3.35. The summed E-state index contributed by atoms with van der Waals surface area (Å²) in [5.41, 5.74) is 9.17. The van der Waals surface area contributed by atoms with Crippen LogP contribution in [0, 0.1) is 53.3 Å². The van der Waals surface area contributed by atoms with Crippen molar-refractivity contribution in [2.75, 3.05) is 40.4 Å². The van der Waals surface area contributed by atoms with E-state index in [1.165, 1.54) is 43.0 Å². The number of carboxylic acid groups (broad SMARTS) is 2. The molecule has 123 heavy (non-hydrogen) atoms. The first-order valence-corrected chi connectivity index (χ1v) is 40.6. The maximum atomic E-state index is 13.8. The SMILES string of the molecule is CB(N)O.CC(C)(C)C.CC(C)(C)OC(=O)C[C@H](C(=O)N1C[C@H](O)C[C@H]1C(=O)O)C(C)(C)C.COC(=O)[C@@H]1C[C@@H](O)CN1.COC(=O)[C@@H]1C[C@@H](O)CN1C(=O)[C@@H](C[B]C=O)C(C)(C)C.Cc1noc2c(Cl)cc(-c3ccccc3)nc12.Cc1noc2c(O[C@@H]3C[C@@H](C(=O)O)N(C(=O)[C@@H](CC(=O)OC(C)(C)C)C(C)(C)C)C3)cc(-c3ccccc3)nc12.[Li+].[OH-]. The molecule has 4 aromatic heterocycles. The van der Waals surface area contributed by atoms with E-state index in [1.54, 1.807) is 60.6 Å². The fourth-order valence-electron chi connectivity index (χ4n) is 13.1. The molecule has 33 nitrogen and oxygen atoms in total. The van der Waals surface area contributed by atoms with Crippen molar-refractivity contribution in [3.63, 3.8) is 0 Å². The van der Waals surface area contributed by atoms with Gasteiger partial charge in [-0.2, -0.15) is 0 Å². The molecular formula is C86H128B2ClLiN9O24. The summed E-state index contributed by atoms with van der Waals surface area (Å²) in [6.07, 6.45) is -1.20. The Labute approximate surface area is 739 Å². The number of nitrogens with two attached hydrogens (primary N) is 1. The molecule has 2 aromatic carbocycles. The van der Waals surface area contributed by atoms with Crippen LogP contribution in [0.3, 0.4) is 0 Å². The fourth-order valence-corrected chi connectivity index (χ4v) is 13.4. The Balaban J connectivity index is 0.000000535. The number of nitrogens with one attached hydrogen (secondary N) is 1. The van der Waals surface area contributed by atoms with Gasteiger partial charge in [0.2, 0.25) is 28.9 Å². The number of ether oxygens (including phenoxy) is 5. The molecular weight excluding hydrogens is 1610 g/mol. The number of rotatable bonds is 18. The number of aliphatic hydroxyl groups is 3. The molecule has 10 rings (SSSR count). The van der Waals surface area contributed by atoms with Gasteiger partial charge in [-0.05, 0) is 89.9 Å². The number of halogens is 1. The van der Waals surface area contributed by atoms with E-state index in [0.29, 0.717) is 69.7 Å². The number of methoxy groups -OCH3 is 2. The maximum absolute atomic E-state index is 13.8. The molecule has 675 valence electrons. The number of fused-ring (bicyclic) bond motifs is 2. The van der Waals surface area contributed by atoms with Crippen molar-refractivity contribution in [1.29, 1.82) is 0 Å². The van der Waals surface area contributed by atoms with E-state index >= 15 is 0 Å². The summed E-state index contributed by atoms with van der Waals surface area (Å²) >= 11 is 6.15. The van der Waals surface area contributed by atoms with Gasteiger partial charge in [-0.25, -0.2) is 24.4 Å². The van der Waals surface area contributed by atoms with Crippen molar-refractivity contribution < 1.29 is 136 Å². The number of hydrogen-bond donors (Lipinski definition) is 8. The molecule has 0 unspecified atom stereocenters. The van der Waals surface area contributed by atoms with Crippen molar-refractivity contribution in [2.24, 2.45) is 45.1 Å². The number of carboxylic acids is 2. The maximum Gasteiger partial charge on any atom is 1.00 e. The van der Waals surface area contributed by atoms with E-state index in [4.69, 9.17) is 54.7 Å². The molecule has 11 atom stereocenters. The quantitative estimate of drug-likeness (QED) is 0.0182. The summed E-state index contributed by atoms with van der Waals surface area (Å²) in [6.45, 7) is 41.8. The van der Waals surface area contributed by atoms with E-state index in [0.717, 1.165) is 28.0 Å². The number of aryl methyl sites for hydroxylation is 2. The van der Waals surface area contributed by atoms with Crippen LogP contribution in [-0.4, -0.2) is 245 Å². The van der Waals surface area contributed by atoms with Gasteiger partial charge in [-0.3, -0.25) is 28.8 Å². The second-order valence-electron chi connectivity index (χ2n) is 37.2. The van der Waals surface area contributed by atoms with Crippen LogP contribution in [0.2, 0.25) is 18.2 Å². The van der Waals surface area contributed by atoms with Crippen LogP contribution in [0.5, 0.6) is 5.75 Å². The van der Waals surface area contributed by atoms with E-state index in [9.17, 15) is 68.4 Å². The average Bonchev–Trinajstić information content (AvgIpc) is 1.66. The van der Waals surface area contributed by atoms with Gasteiger partial charge < -0.3 is 99.2 Å². The second-order valence-corrected chi connectivity index (χ2v) is 37.6. The van der Waals surface area contributed by atoms with Crippen molar-refractivity contribution in [2.45, 2.75) is 257 Å². The molecule has 10 N–H and O–H groups in total. The molecule has 4 fully saturated rings. The molecule has 0 saturated carbocycles. The Hall–Kier alpha value is -8.88. The molecule has 3 amide bonds. The average molecular weight is 1740 g/mol. The second kappa shape index (κ2) is 48.0. The molecule has 0 aliphatic carbocycles. The third kappa shape index (κ3) is 35.6. The summed E-state index contributed by atoms with van der Waals surface area (Å²) in [5.74, 6) is -6.75. The third-order valence-electron chi connectivity index (χ3n) is 18.9. The van der Waals surface area contributed by atoms with Crippen molar-refractivity contribution in [3.8, 4) is 28.3 Å². The van der Waals surface area contributed by atoms with Crippen LogP contribution in [0.1, 0.15) is 181 Å². The zero-order valence-electron chi connectivity index (χ0n) is 75.9. The molecule has 0 spiro atoms. The van der Waals surface area contributed by atoms with Gasteiger partial charge in [0, 0.05) is 68.4 Å². The van der Waals surface area contributed by atoms with E-state index in [1.807, 2.05) is 130 Å². The molecule has 0 bridgehead atoms. The van der Waals surface area contributed by atoms with Gasteiger partial charge in [0.25, 0.3) is 0 Å². The smallest absolute Gasteiger partial charge is 0.870 e. The van der Waals surface area contributed by atoms with Crippen LogP contribution in [0.4, 0.5) is 0 Å². The first-order valence-electron chi connectivity index (χ1n) is 40.2. The number of aliphatic hydroxyl groups excluding tert-OH is 3. The van der Waals surface area contributed by atoms with Gasteiger partial charge in [0.1, 0.15) is 63.9 Å². The summed E-state index contributed by atoms with van der Waals surface area (Å²) in [4.78, 5) is 134. The number of likely N-dealkylation sites (tertiary alicyclic amines) is 3. The normalized spacial score (nSPS) is 19.4. The number of carbonyl (C=O) groups is 10. The summed E-state index contributed by atoms with van der Waals surface area (Å²) < 4.78 is 36.9. The topological polar surface area (TPSA) is 494 Å². The van der Waals surface area contributed by atoms with Crippen molar-refractivity contribution in [3.05, 3.63) is 89.2 Å². The van der Waals surface area contributed by atoms with Gasteiger partial charge >= 0.3 is 61.7 Å². The van der Waals surface area contributed by atoms with E-state index in [2.05, 4.69) is 58.7 Å². The Bertz CT molecular complexity index is 4430. The van der Waals surface area contributed by atoms with Gasteiger partial charge in [0.05, 0.1) is 86.3 Å². The predicted molar refractivity (Wildman–Crippen MR) is 460 cm³/mol. The molecule has 4 aliphatic heterocycles. The molecule has 4 aliphatic rings. The fraction of sp³-hybridized carbons (Fsp3) is 0.605. The Kier molecular flexibility index (Phi) is 43.0. The monoisotopic (exact) mass is 1730 g/mol. The van der Waals surface area contributed by atoms with E-state index in [-0.39, 0.29) is 99.4 Å². The zero-order chi connectivity index (χ0) is 91.9. The van der Waals surface area contributed by atoms with Crippen LogP contribution in [0.15, 0.2) is 81.8 Å². The van der Waals surface area contributed by atoms with Crippen LogP contribution < -0.4 is 34.6 Å². The van der Waals surface area contributed by atoms with Gasteiger partial charge in [-0.1, -0.05) is 179 Å². The standard InChI is InChI=1S/C30H37N3O7.C17H29NO6.C14H23BNO5.C13H9ClN2O.C6H11NO3.C5H12.CH6BNO.Li.H2O/c1-17-25-26(40-32-17)23(15-21(31-25)18-11-9-8-10-12-18)38-19-13-22(28(36)37)33(16-19)27(35)20(29(2,3)4)14-24(34)39-30(5,6)7;1-16(2,3)11(8-13(20)24-17(4,5)6)14(21)18-9-10(19)7-12(18)15(22)23;1-14(2,3)10(6-15-8-17)12(19)16-7-9(18)5-11(16)13(20)21-4;1-8-12-13(17-16-8)10(14)7-11(15-12)9-5-3-2-4-6-9;1-10-6(9)5-2-4(8)3-7-5;1-5(2,3)4;1-2(3)4;;/h8-12,15,19-20,22H,13-14,16H2,1-7H3,(H,36,37);10-12,19H,7-9H2,1-6H3,(H,22,23);8-11,18H,5-7H2,1-4H3;2-7H,1H3;4-5,7-8H,2-3H2,1H3;1-4H3;4H,3H2,1H3;;1H2/q;;;;;;;+1;/p-1/t19-,20-,22+;10-,11-,12+;9-,10-,11+;;4-,5+;;;;/m111.1..../s1. The minimum absolute atomic E-state index is 0. The van der Waals surface area contributed by atoms with Crippen molar-refractivity contribution in [1.82, 2.24) is 40.3 Å². The molecule has 8 heterocycles. The minimum Gasteiger partial charge on any atom is -0.870 e. The summed E-state index contributed by atoms with van der Waals surface area (Å²) in [5, 5.41) is 66.9. The number of hydrogen-bond acceptors (Lipinski definition) is 28. The molecule has 4 saturated heterocycles. The first kappa shape index (κ1) is 110. The number of β-amino-alcohol motifs (C(OH)–C–C–N with tert-alkyl or cyclic N) is 3. The number of aliphatic carboxylic acids is 2. The summed E-state index contributed by atoms with van der Waals surface area (Å²) in [6, 6.07) is 19.8. The van der Waals surface area contributed by atoms with Gasteiger partial charge in [0.15, 0.2) is 13.0 Å². The Morgan fingerprint density at radius 3 is 1.34 bits per heavy atom. The first-order chi connectivity index (χ1) is 55.8. The zero-order valence-corrected chi connectivity index (χ0v) is 76.7.